The van der Waals surface area contributed by atoms with Gasteiger partial charge in [0.1, 0.15) is 17.5 Å². The van der Waals surface area contributed by atoms with Crippen LogP contribution >= 0.6 is 0 Å². The summed E-state index contributed by atoms with van der Waals surface area (Å²) in [7, 11) is 0. The standard InChI is InChI=1S/C55H34N6O/c1-3-13-35(14-4-1)39-17-11-19-41(29-39)51-53-52(58-34-57-51)46-31-42(33-56-55(46)62-53)36-25-27-37(28-26-36)47-32-48(60-54(59-47)38-15-5-2-6-16-38)40-18-12-20-43(30-40)61-49-23-9-7-21-44(49)45-22-8-10-24-50(45)61/h1-34H. The first-order valence-electron chi connectivity index (χ1n) is 20.6. The van der Waals surface area contributed by atoms with Crippen LogP contribution in [-0.4, -0.2) is 29.5 Å². The van der Waals surface area contributed by atoms with Gasteiger partial charge in [0.15, 0.2) is 11.4 Å². The van der Waals surface area contributed by atoms with Gasteiger partial charge in [0, 0.05) is 50.5 Å². The quantitative estimate of drug-likeness (QED) is 0.160. The van der Waals surface area contributed by atoms with Crippen molar-refractivity contribution < 1.29 is 4.42 Å². The number of para-hydroxylation sites is 2. The fourth-order valence-electron chi connectivity index (χ4n) is 8.60. The number of hydrogen-bond acceptors (Lipinski definition) is 6. The molecule has 12 rings (SSSR count). The number of fused-ring (bicyclic) bond motifs is 6. The molecule has 0 atom stereocenters. The smallest absolute Gasteiger partial charge is 0.229 e. The summed E-state index contributed by atoms with van der Waals surface area (Å²) < 4.78 is 8.70. The largest absolute Gasteiger partial charge is 0.434 e. The lowest BCUT2D eigenvalue weighted by Gasteiger charge is -2.12. The van der Waals surface area contributed by atoms with Gasteiger partial charge in [-0.05, 0) is 59.2 Å². The highest BCUT2D eigenvalue weighted by molar-refractivity contribution is 6.09. The predicted octanol–water partition coefficient (Wildman–Crippen LogP) is 13.7. The Kier molecular flexibility index (Phi) is 8.35. The van der Waals surface area contributed by atoms with Crippen molar-refractivity contribution in [3.63, 3.8) is 0 Å². The van der Waals surface area contributed by atoms with Crippen molar-refractivity contribution in [2.24, 2.45) is 0 Å². The van der Waals surface area contributed by atoms with Crippen LogP contribution < -0.4 is 0 Å². The zero-order valence-electron chi connectivity index (χ0n) is 33.2. The third kappa shape index (κ3) is 6.11. The molecule has 0 saturated heterocycles. The maximum absolute atomic E-state index is 6.36. The number of rotatable bonds is 7. The average Bonchev–Trinajstić information content (AvgIpc) is 3.90. The molecule has 0 aliphatic rings. The van der Waals surface area contributed by atoms with E-state index in [0.29, 0.717) is 17.1 Å². The molecule has 12 aromatic rings. The summed E-state index contributed by atoms with van der Waals surface area (Å²) in [4.78, 5) is 24.4. The van der Waals surface area contributed by atoms with E-state index in [0.717, 1.165) is 89.2 Å². The van der Waals surface area contributed by atoms with Gasteiger partial charge in [-0.1, -0.05) is 152 Å². The average molecular weight is 795 g/mol. The molecule has 7 aromatic carbocycles. The molecular formula is C55H34N6O. The van der Waals surface area contributed by atoms with E-state index in [2.05, 4.69) is 166 Å². The Bertz CT molecular complexity index is 3580. The maximum atomic E-state index is 6.36. The monoisotopic (exact) mass is 794 g/mol. The zero-order chi connectivity index (χ0) is 41.0. The van der Waals surface area contributed by atoms with E-state index >= 15 is 0 Å². The number of pyridine rings is 1. The molecule has 0 amide bonds. The Labute approximate surface area is 356 Å². The first-order valence-corrected chi connectivity index (χ1v) is 20.6. The topological polar surface area (TPSA) is 82.5 Å². The fourth-order valence-corrected chi connectivity index (χ4v) is 8.60. The summed E-state index contributed by atoms with van der Waals surface area (Å²) in [5.74, 6) is 0.666. The zero-order valence-corrected chi connectivity index (χ0v) is 33.2. The Morgan fingerprint density at radius 2 is 0.984 bits per heavy atom. The van der Waals surface area contributed by atoms with E-state index in [1.165, 1.54) is 10.8 Å². The van der Waals surface area contributed by atoms with Crippen LogP contribution in [-0.2, 0) is 0 Å². The van der Waals surface area contributed by atoms with Gasteiger partial charge in [0.2, 0.25) is 5.71 Å². The van der Waals surface area contributed by atoms with E-state index in [1.54, 1.807) is 6.33 Å². The molecule has 0 fully saturated rings. The molecule has 0 bridgehead atoms. The molecule has 0 N–H and O–H groups in total. The van der Waals surface area contributed by atoms with Gasteiger partial charge in [-0.15, -0.1) is 0 Å². The van der Waals surface area contributed by atoms with Crippen LogP contribution in [0.25, 0.3) is 117 Å². The SMILES string of the molecule is c1ccc(-c2cccc(-c3ncnc4c3oc3ncc(-c5ccc(-c6cc(-c7cccc(-n8c9ccccc9c9ccccc98)c7)nc(-c7ccccc7)n6)cc5)cc34)c2)cc1. The molecule has 0 radical (unpaired) electrons. The van der Waals surface area contributed by atoms with Crippen molar-refractivity contribution >= 4 is 44.0 Å². The van der Waals surface area contributed by atoms with E-state index in [9.17, 15) is 0 Å². The van der Waals surface area contributed by atoms with Crippen molar-refractivity contribution in [1.82, 2.24) is 29.5 Å². The molecule has 0 spiro atoms. The van der Waals surface area contributed by atoms with Crippen LogP contribution in [0.2, 0.25) is 0 Å². The van der Waals surface area contributed by atoms with Gasteiger partial charge in [-0.2, -0.15) is 0 Å². The lowest BCUT2D eigenvalue weighted by Crippen LogP contribution is -1.97. The predicted molar refractivity (Wildman–Crippen MR) is 250 cm³/mol. The van der Waals surface area contributed by atoms with Gasteiger partial charge >= 0.3 is 0 Å². The minimum absolute atomic E-state index is 0.519. The Balaban J connectivity index is 0.911. The Morgan fingerprint density at radius 1 is 0.387 bits per heavy atom. The molecule has 7 heteroatoms. The maximum Gasteiger partial charge on any atom is 0.229 e. The second kappa shape index (κ2) is 14.6. The van der Waals surface area contributed by atoms with Crippen molar-refractivity contribution in [3.05, 3.63) is 207 Å². The fraction of sp³-hybridized carbons (Fsp3) is 0. The van der Waals surface area contributed by atoms with E-state index in [-0.39, 0.29) is 0 Å². The second-order valence-electron chi connectivity index (χ2n) is 15.4. The summed E-state index contributed by atoms with van der Waals surface area (Å²) in [5, 5.41) is 3.29. The number of hydrogen-bond donors (Lipinski definition) is 0. The lowest BCUT2D eigenvalue weighted by molar-refractivity contribution is 0.652. The number of benzene rings is 7. The summed E-state index contributed by atoms with van der Waals surface area (Å²) >= 11 is 0. The van der Waals surface area contributed by atoms with Gasteiger partial charge in [-0.25, -0.2) is 24.9 Å². The molecule has 7 nitrogen and oxygen atoms in total. The van der Waals surface area contributed by atoms with Crippen LogP contribution in [0, 0.1) is 0 Å². The summed E-state index contributed by atoms with van der Waals surface area (Å²) in [5.41, 5.74) is 15.8. The van der Waals surface area contributed by atoms with Crippen molar-refractivity contribution in [2.75, 3.05) is 0 Å². The highest BCUT2D eigenvalue weighted by atomic mass is 16.3. The molecule has 0 unspecified atom stereocenters. The number of aromatic nitrogens is 6. The van der Waals surface area contributed by atoms with Crippen molar-refractivity contribution in [2.45, 2.75) is 0 Å². The molecule has 5 aromatic heterocycles. The highest BCUT2D eigenvalue weighted by Crippen LogP contribution is 2.37. The Hall–Kier alpha value is -8.55. The molecule has 0 aliphatic carbocycles. The number of furan rings is 1. The normalized spacial score (nSPS) is 11.5. The number of nitrogens with zero attached hydrogens (tertiary/aromatic N) is 6. The molecule has 0 saturated carbocycles. The van der Waals surface area contributed by atoms with Crippen molar-refractivity contribution in [1.29, 1.82) is 0 Å². The first kappa shape index (κ1) is 35.4. The highest BCUT2D eigenvalue weighted by Gasteiger charge is 2.18. The minimum Gasteiger partial charge on any atom is -0.434 e. The molecular weight excluding hydrogens is 761 g/mol. The lowest BCUT2D eigenvalue weighted by atomic mass is 10.0. The van der Waals surface area contributed by atoms with Crippen LogP contribution in [0.1, 0.15) is 0 Å². The summed E-state index contributed by atoms with van der Waals surface area (Å²) in [6.45, 7) is 0. The van der Waals surface area contributed by atoms with Crippen LogP contribution in [0.5, 0.6) is 0 Å². The van der Waals surface area contributed by atoms with Crippen LogP contribution in [0.4, 0.5) is 0 Å². The third-order valence-electron chi connectivity index (χ3n) is 11.6. The molecule has 62 heavy (non-hydrogen) atoms. The second-order valence-corrected chi connectivity index (χ2v) is 15.4. The van der Waals surface area contributed by atoms with Gasteiger partial charge < -0.3 is 8.98 Å². The minimum atomic E-state index is 0.519. The van der Waals surface area contributed by atoms with Gasteiger partial charge in [-0.3, -0.25) is 0 Å². The van der Waals surface area contributed by atoms with Crippen LogP contribution in [0.15, 0.2) is 211 Å². The van der Waals surface area contributed by atoms with Crippen molar-refractivity contribution in [3.8, 4) is 73.1 Å². The van der Waals surface area contributed by atoms with Gasteiger partial charge in [0.25, 0.3) is 0 Å². The molecule has 290 valence electrons. The Morgan fingerprint density at radius 3 is 1.74 bits per heavy atom. The van der Waals surface area contributed by atoms with Crippen LogP contribution in [0.3, 0.4) is 0 Å². The molecule has 5 heterocycles. The molecule has 0 aliphatic heterocycles. The summed E-state index contributed by atoms with van der Waals surface area (Å²) in [6.07, 6.45) is 3.45. The summed E-state index contributed by atoms with van der Waals surface area (Å²) in [6, 6.07) is 67.2. The van der Waals surface area contributed by atoms with E-state index in [1.807, 2.05) is 48.7 Å². The van der Waals surface area contributed by atoms with E-state index in [4.69, 9.17) is 19.4 Å². The first-order chi connectivity index (χ1) is 30.7. The van der Waals surface area contributed by atoms with E-state index < -0.39 is 0 Å². The van der Waals surface area contributed by atoms with Gasteiger partial charge in [0.05, 0.1) is 27.8 Å². The third-order valence-corrected chi connectivity index (χ3v) is 11.6.